The number of nitrogens with zero attached hydrogens (tertiary/aromatic N) is 1. The predicted molar refractivity (Wildman–Crippen MR) is 51.5 cm³/mol. The molecule has 0 bridgehead atoms. The van der Waals surface area contributed by atoms with Crippen molar-refractivity contribution in [2.24, 2.45) is 0 Å². The summed E-state index contributed by atoms with van der Waals surface area (Å²) in [6.45, 7) is 2.04. The van der Waals surface area contributed by atoms with Crippen LogP contribution in [0.2, 0.25) is 0 Å². The molecule has 0 aliphatic rings. The quantitative estimate of drug-likeness (QED) is 0.680. The Morgan fingerprint density at radius 1 is 1.45 bits per heavy atom. The van der Waals surface area contributed by atoms with Gasteiger partial charge in [0.05, 0.1) is 5.39 Å². The van der Waals surface area contributed by atoms with Crippen molar-refractivity contribution in [3.05, 3.63) is 27.5 Å². The van der Waals surface area contributed by atoms with Gasteiger partial charge in [-0.2, -0.15) is 0 Å². The number of rotatable bonds is 0. The smallest absolute Gasteiger partial charge is 0.168 e. The first-order valence-electron chi connectivity index (χ1n) is 3.29. The SMILES string of the molecule is Cc1ccc2c(I)noc2c1. The zero-order valence-electron chi connectivity index (χ0n) is 5.97. The maximum Gasteiger partial charge on any atom is 0.168 e. The molecule has 1 aromatic carbocycles. The normalized spacial score (nSPS) is 10.7. The Hall–Kier alpha value is -0.580. The van der Waals surface area contributed by atoms with Gasteiger partial charge < -0.3 is 4.52 Å². The first-order chi connectivity index (χ1) is 5.27. The van der Waals surface area contributed by atoms with Crippen molar-refractivity contribution in [3.8, 4) is 0 Å². The summed E-state index contributed by atoms with van der Waals surface area (Å²) < 4.78 is 6.00. The molecular weight excluding hydrogens is 253 g/mol. The zero-order chi connectivity index (χ0) is 7.84. The third-order valence-electron chi connectivity index (χ3n) is 1.58. The Balaban J connectivity index is 2.86. The average Bonchev–Trinajstić information content (AvgIpc) is 2.32. The lowest BCUT2D eigenvalue weighted by Crippen LogP contribution is -1.70. The molecule has 0 amide bonds. The number of halogens is 1. The number of benzene rings is 1. The molecule has 2 aromatic rings. The van der Waals surface area contributed by atoms with E-state index in [4.69, 9.17) is 4.52 Å². The van der Waals surface area contributed by atoms with Crippen LogP contribution < -0.4 is 0 Å². The van der Waals surface area contributed by atoms with Crippen molar-refractivity contribution in [2.45, 2.75) is 6.92 Å². The van der Waals surface area contributed by atoms with Gasteiger partial charge in [0.1, 0.15) is 0 Å². The Morgan fingerprint density at radius 2 is 2.27 bits per heavy atom. The summed E-state index contributed by atoms with van der Waals surface area (Å²) in [5, 5.41) is 4.94. The Bertz CT molecular complexity index is 394. The molecule has 0 saturated heterocycles. The third-order valence-corrected chi connectivity index (χ3v) is 2.36. The summed E-state index contributed by atoms with van der Waals surface area (Å²) >= 11 is 2.16. The molecular formula is C8H6INO. The number of hydrogen-bond donors (Lipinski definition) is 0. The minimum atomic E-state index is 0.870. The van der Waals surface area contributed by atoms with Gasteiger partial charge in [-0.25, -0.2) is 0 Å². The second-order valence-corrected chi connectivity index (χ2v) is 3.49. The molecule has 1 aromatic heterocycles. The van der Waals surface area contributed by atoms with E-state index in [9.17, 15) is 0 Å². The zero-order valence-corrected chi connectivity index (χ0v) is 8.12. The van der Waals surface area contributed by atoms with Gasteiger partial charge in [-0.05, 0) is 47.2 Å². The van der Waals surface area contributed by atoms with Crippen LogP contribution in [-0.2, 0) is 0 Å². The van der Waals surface area contributed by atoms with E-state index in [-0.39, 0.29) is 0 Å². The van der Waals surface area contributed by atoms with Crippen molar-refractivity contribution in [2.75, 3.05) is 0 Å². The molecule has 0 saturated carbocycles. The van der Waals surface area contributed by atoms with Crippen LogP contribution in [0.5, 0.6) is 0 Å². The second-order valence-electron chi connectivity index (χ2n) is 2.47. The summed E-state index contributed by atoms with van der Waals surface area (Å²) in [7, 11) is 0. The van der Waals surface area contributed by atoms with Gasteiger partial charge in [-0.15, -0.1) is 0 Å². The standard InChI is InChI=1S/C8H6INO/c1-5-2-3-6-7(4-5)11-10-8(6)9/h2-4H,1H3. The fourth-order valence-electron chi connectivity index (χ4n) is 1.01. The first-order valence-corrected chi connectivity index (χ1v) is 4.37. The molecule has 0 N–H and O–H groups in total. The first kappa shape index (κ1) is 7.09. The van der Waals surface area contributed by atoms with Crippen LogP contribution in [0.1, 0.15) is 5.56 Å². The summed E-state index contributed by atoms with van der Waals surface area (Å²) in [5.41, 5.74) is 2.07. The Labute approximate surface area is 77.7 Å². The van der Waals surface area contributed by atoms with Crippen molar-refractivity contribution >= 4 is 33.6 Å². The molecule has 0 atom stereocenters. The van der Waals surface area contributed by atoms with Crippen molar-refractivity contribution in [3.63, 3.8) is 0 Å². The second kappa shape index (κ2) is 2.48. The fraction of sp³-hybridized carbons (Fsp3) is 0.125. The van der Waals surface area contributed by atoms with Crippen LogP contribution in [0.4, 0.5) is 0 Å². The predicted octanol–water partition coefficient (Wildman–Crippen LogP) is 2.74. The molecule has 0 unspecified atom stereocenters. The topological polar surface area (TPSA) is 26.0 Å². The van der Waals surface area contributed by atoms with Crippen LogP contribution >= 0.6 is 22.6 Å². The van der Waals surface area contributed by atoms with Gasteiger partial charge in [0.25, 0.3) is 0 Å². The third kappa shape index (κ3) is 1.13. The molecule has 0 spiro atoms. The van der Waals surface area contributed by atoms with E-state index in [2.05, 4.69) is 33.8 Å². The van der Waals surface area contributed by atoms with Gasteiger partial charge in [-0.3, -0.25) is 0 Å². The number of hydrogen-bond acceptors (Lipinski definition) is 2. The van der Waals surface area contributed by atoms with E-state index in [1.54, 1.807) is 0 Å². The largest absolute Gasteiger partial charge is 0.355 e. The van der Waals surface area contributed by atoms with Gasteiger partial charge in [-0.1, -0.05) is 11.2 Å². The highest BCUT2D eigenvalue weighted by Crippen LogP contribution is 2.20. The van der Waals surface area contributed by atoms with Crippen LogP contribution in [0.15, 0.2) is 22.7 Å². The summed E-state index contributed by atoms with van der Waals surface area (Å²) in [4.78, 5) is 0. The average molecular weight is 259 g/mol. The van der Waals surface area contributed by atoms with Crippen molar-refractivity contribution in [1.82, 2.24) is 5.16 Å². The van der Waals surface area contributed by atoms with Crippen LogP contribution in [0.3, 0.4) is 0 Å². The lowest BCUT2D eigenvalue weighted by atomic mass is 10.2. The number of aryl methyl sites for hydroxylation is 1. The van der Waals surface area contributed by atoms with E-state index in [0.29, 0.717) is 0 Å². The Kier molecular flexibility index (Phi) is 1.60. The van der Waals surface area contributed by atoms with Crippen molar-refractivity contribution in [1.29, 1.82) is 0 Å². The lowest BCUT2D eigenvalue weighted by Gasteiger charge is -1.88. The number of fused-ring (bicyclic) bond motifs is 1. The van der Waals surface area contributed by atoms with Gasteiger partial charge in [0.2, 0.25) is 0 Å². The molecule has 2 rings (SSSR count). The molecule has 2 nitrogen and oxygen atoms in total. The molecule has 0 aliphatic carbocycles. The van der Waals surface area contributed by atoms with Gasteiger partial charge >= 0.3 is 0 Å². The van der Waals surface area contributed by atoms with E-state index in [1.807, 2.05) is 19.1 Å². The van der Waals surface area contributed by atoms with Gasteiger partial charge in [0.15, 0.2) is 9.28 Å². The van der Waals surface area contributed by atoms with E-state index >= 15 is 0 Å². The lowest BCUT2D eigenvalue weighted by molar-refractivity contribution is 0.450. The highest BCUT2D eigenvalue weighted by atomic mass is 127. The summed E-state index contributed by atoms with van der Waals surface area (Å²) in [5.74, 6) is 0. The van der Waals surface area contributed by atoms with E-state index in [0.717, 1.165) is 14.7 Å². The van der Waals surface area contributed by atoms with E-state index in [1.165, 1.54) is 5.56 Å². The molecule has 3 heteroatoms. The highest BCUT2D eigenvalue weighted by Gasteiger charge is 2.03. The monoisotopic (exact) mass is 259 g/mol. The molecule has 0 radical (unpaired) electrons. The minimum Gasteiger partial charge on any atom is -0.355 e. The van der Waals surface area contributed by atoms with Crippen LogP contribution in [0.25, 0.3) is 11.0 Å². The molecule has 0 fully saturated rings. The van der Waals surface area contributed by atoms with Crippen LogP contribution in [-0.4, -0.2) is 5.16 Å². The van der Waals surface area contributed by atoms with Gasteiger partial charge in [0, 0.05) is 0 Å². The minimum absolute atomic E-state index is 0.870. The maximum atomic E-state index is 5.07. The Morgan fingerprint density at radius 3 is 3.09 bits per heavy atom. The molecule has 56 valence electrons. The molecule has 11 heavy (non-hydrogen) atoms. The summed E-state index contributed by atoms with van der Waals surface area (Å²) in [6, 6.07) is 6.08. The fourth-order valence-corrected chi connectivity index (χ4v) is 1.56. The van der Waals surface area contributed by atoms with Crippen molar-refractivity contribution < 1.29 is 4.52 Å². The summed E-state index contributed by atoms with van der Waals surface area (Å²) in [6.07, 6.45) is 0. The van der Waals surface area contributed by atoms with Crippen LogP contribution in [0, 0.1) is 10.6 Å². The molecule has 1 heterocycles. The van der Waals surface area contributed by atoms with E-state index < -0.39 is 0 Å². The number of aromatic nitrogens is 1. The highest BCUT2D eigenvalue weighted by molar-refractivity contribution is 14.1. The molecule has 0 aliphatic heterocycles. The maximum absolute atomic E-state index is 5.07.